The molecule has 0 amide bonds. The highest BCUT2D eigenvalue weighted by molar-refractivity contribution is 5.93. The number of aromatic nitrogens is 2. The third-order valence-electron chi connectivity index (χ3n) is 2.60. The van der Waals surface area contributed by atoms with Gasteiger partial charge in [-0.2, -0.15) is 0 Å². The zero-order valence-corrected chi connectivity index (χ0v) is 7.94. The zero-order chi connectivity index (χ0) is 9.54. The van der Waals surface area contributed by atoms with Gasteiger partial charge in [0.2, 0.25) is 0 Å². The fraction of sp³-hybridized carbons (Fsp3) is 0.0833. The number of rotatable bonds is 0. The van der Waals surface area contributed by atoms with E-state index in [2.05, 4.69) is 47.1 Å². The van der Waals surface area contributed by atoms with Crippen LogP contribution in [0.15, 0.2) is 42.7 Å². The lowest BCUT2D eigenvalue weighted by Crippen LogP contribution is -1.95. The van der Waals surface area contributed by atoms with Crippen molar-refractivity contribution in [1.29, 1.82) is 0 Å². The van der Waals surface area contributed by atoms with E-state index in [0.29, 0.717) is 0 Å². The third kappa shape index (κ3) is 0.880. The number of aryl methyl sites for hydroxylation is 1. The normalized spacial score (nSPS) is 11.2. The monoisotopic (exact) mass is 182 g/mol. The van der Waals surface area contributed by atoms with Crippen molar-refractivity contribution in [2.45, 2.75) is 0 Å². The minimum absolute atomic E-state index is 1.10. The van der Waals surface area contributed by atoms with Crippen LogP contribution in [-0.4, -0.2) is 9.55 Å². The molecule has 1 aromatic carbocycles. The van der Waals surface area contributed by atoms with E-state index in [1.54, 1.807) is 0 Å². The maximum absolute atomic E-state index is 4.37. The van der Waals surface area contributed by atoms with Gasteiger partial charge in [-0.3, -0.25) is 4.98 Å². The predicted octanol–water partition coefficient (Wildman–Crippen LogP) is 2.68. The Morgan fingerprint density at radius 3 is 2.93 bits per heavy atom. The van der Waals surface area contributed by atoms with Crippen LogP contribution in [0.25, 0.3) is 22.2 Å². The number of pyridine rings is 1. The number of hydrogen-bond acceptors (Lipinski definition) is 1. The molecule has 0 radical (unpaired) electrons. The Kier molecular flexibility index (Phi) is 1.39. The summed E-state index contributed by atoms with van der Waals surface area (Å²) in [6, 6.07) is 10.4. The summed E-state index contributed by atoms with van der Waals surface area (Å²) < 4.78 is 2.14. The van der Waals surface area contributed by atoms with Gasteiger partial charge in [0.05, 0.1) is 5.69 Å². The van der Waals surface area contributed by atoms with Gasteiger partial charge in [0.15, 0.2) is 0 Å². The van der Waals surface area contributed by atoms with Gasteiger partial charge in [-0.1, -0.05) is 18.2 Å². The van der Waals surface area contributed by atoms with Crippen molar-refractivity contribution >= 4 is 10.9 Å². The topological polar surface area (TPSA) is 17.8 Å². The summed E-state index contributed by atoms with van der Waals surface area (Å²) in [5.41, 5.74) is 3.52. The zero-order valence-electron chi connectivity index (χ0n) is 7.94. The van der Waals surface area contributed by atoms with Crippen molar-refractivity contribution in [3.8, 4) is 11.3 Å². The molecule has 2 aliphatic rings. The van der Waals surface area contributed by atoms with E-state index in [-0.39, 0.29) is 0 Å². The number of nitrogens with zero attached hydrogens (tertiary/aromatic N) is 2. The highest BCUT2D eigenvalue weighted by atomic mass is 14.9. The van der Waals surface area contributed by atoms with E-state index in [1.165, 1.54) is 16.5 Å². The van der Waals surface area contributed by atoms with Crippen molar-refractivity contribution in [3.63, 3.8) is 0 Å². The third-order valence-corrected chi connectivity index (χ3v) is 2.60. The molecular formula is C12H10N2. The summed E-state index contributed by atoms with van der Waals surface area (Å²) in [6.45, 7) is 0. The molecule has 0 aliphatic carbocycles. The first kappa shape index (κ1) is 7.56. The SMILES string of the molecule is Cn1cc2ccnc-2c2ccccc21. The second-order valence-corrected chi connectivity index (χ2v) is 3.51. The van der Waals surface area contributed by atoms with E-state index in [0.717, 1.165) is 5.69 Å². The maximum Gasteiger partial charge on any atom is 0.0810 e. The van der Waals surface area contributed by atoms with E-state index in [4.69, 9.17) is 0 Å². The van der Waals surface area contributed by atoms with Gasteiger partial charge in [-0.15, -0.1) is 0 Å². The summed E-state index contributed by atoms with van der Waals surface area (Å²) in [7, 11) is 2.06. The van der Waals surface area contributed by atoms with Crippen LogP contribution in [0.3, 0.4) is 0 Å². The lowest BCUT2D eigenvalue weighted by molar-refractivity contribution is 0.954. The molecule has 2 heterocycles. The van der Waals surface area contributed by atoms with Crippen molar-refractivity contribution < 1.29 is 0 Å². The fourth-order valence-electron chi connectivity index (χ4n) is 1.93. The fourth-order valence-corrected chi connectivity index (χ4v) is 1.93. The second kappa shape index (κ2) is 2.58. The molecule has 0 unspecified atom stereocenters. The van der Waals surface area contributed by atoms with E-state index in [1.807, 2.05) is 12.3 Å². The van der Waals surface area contributed by atoms with Gasteiger partial charge in [0, 0.05) is 35.9 Å². The van der Waals surface area contributed by atoms with Crippen LogP contribution in [-0.2, 0) is 7.05 Å². The van der Waals surface area contributed by atoms with Crippen LogP contribution in [0, 0.1) is 0 Å². The number of fused-ring (bicyclic) bond motifs is 3. The average Bonchev–Trinajstić information content (AvgIpc) is 2.66. The molecular weight excluding hydrogens is 172 g/mol. The molecule has 2 heteroatoms. The van der Waals surface area contributed by atoms with Crippen molar-refractivity contribution in [2.75, 3.05) is 0 Å². The molecule has 68 valence electrons. The molecule has 0 bridgehead atoms. The minimum atomic E-state index is 1.10. The van der Waals surface area contributed by atoms with Crippen LogP contribution >= 0.6 is 0 Å². The number of benzene rings is 1. The standard InChI is InChI=1S/C12H10N2/c1-14-8-9-6-7-13-12(9)10-4-2-3-5-11(10)14/h2-8H,1H3. The Balaban J connectivity index is 2.60. The average molecular weight is 182 g/mol. The highest BCUT2D eigenvalue weighted by Crippen LogP contribution is 2.28. The quantitative estimate of drug-likeness (QED) is 0.522. The Morgan fingerprint density at radius 2 is 2.00 bits per heavy atom. The molecule has 0 atom stereocenters. The molecule has 0 saturated carbocycles. The van der Waals surface area contributed by atoms with Crippen LogP contribution < -0.4 is 0 Å². The number of para-hydroxylation sites is 1. The smallest absolute Gasteiger partial charge is 0.0810 e. The van der Waals surface area contributed by atoms with Crippen LogP contribution in [0.4, 0.5) is 0 Å². The summed E-state index contributed by atoms with van der Waals surface area (Å²) in [4.78, 5) is 4.37. The Bertz CT molecular complexity index is 566. The molecule has 2 nitrogen and oxygen atoms in total. The molecule has 14 heavy (non-hydrogen) atoms. The predicted molar refractivity (Wildman–Crippen MR) is 57.3 cm³/mol. The van der Waals surface area contributed by atoms with Crippen molar-refractivity contribution in [2.24, 2.45) is 7.05 Å². The summed E-state index contributed by atoms with van der Waals surface area (Å²) >= 11 is 0. The Labute approximate surface area is 82.2 Å². The maximum atomic E-state index is 4.37. The largest absolute Gasteiger partial charge is 0.350 e. The molecule has 1 aromatic rings. The summed E-state index contributed by atoms with van der Waals surface area (Å²) in [5.74, 6) is 0. The minimum Gasteiger partial charge on any atom is -0.350 e. The first-order chi connectivity index (χ1) is 6.86. The lowest BCUT2D eigenvalue weighted by atomic mass is 10.1. The van der Waals surface area contributed by atoms with Gasteiger partial charge in [-0.25, -0.2) is 0 Å². The second-order valence-electron chi connectivity index (χ2n) is 3.51. The summed E-state index contributed by atoms with van der Waals surface area (Å²) in [6.07, 6.45) is 3.97. The first-order valence-corrected chi connectivity index (χ1v) is 4.65. The van der Waals surface area contributed by atoms with Crippen LogP contribution in [0.1, 0.15) is 0 Å². The Morgan fingerprint density at radius 1 is 1.14 bits per heavy atom. The van der Waals surface area contributed by atoms with Gasteiger partial charge < -0.3 is 4.57 Å². The van der Waals surface area contributed by atoms with Gasteiger partial charge >= 0.3 is 0 Å². The van der Waals surface area contributed by atoms with E-state index in [9.17, 15) is 0 Å². The van der Waals surface area contributed by atoms with Crippen molar-refractivity contribution in [3.05, 3.63) is 42.7 Å². The van der Waals surface area contributed by atoms with E-state index < -0.39 is 0 Å². The molecule has 0 saturated heterocycles. The summed E-state index contributed by atoms with van der Waals surface area (Å²) in [5, 5.41) is 1.22. The molecule has 0 fully saturated rings. The molecule has 0 spiro atoms. The highest BCUT2D eigenvalue weighted by Gasteiger charge is 2.09. The van der Waals surface area contributed by atoms with E-state index >= 15 is 0 Å². The molecule has 2 aliphatic heterocycles. The molecule has 0 aromatic heterocycles. The van der Waals surface area contributed by atoms with Crippen LogP contribution in [0.5, 0.6) is 0 Å². The first-order valence-electron chi connectivity index (χ1n) is 4.65. The Hall–Kier alpha value is -1.83. The molecule has 0 N–H and O–H groups in total. The molecule has 3 rings (SSSR count). The van der Waals surface area contributed by atoms with Gasteiger partial charge in [0.25, 0.3) is 0 Å². The van der Waals surface area contributed by atoms with Gasteiger partial charge in [0.1, 0.15) is 0 Å². The lowest BCUT2D eigenvalue weighted by Gasteiger charge is -2.09. The van der Waals surface area contributed by atoms with Gasteiger partial charge in [-0.05, 0) is 12.1 Å². The van der Waals surface area contributed by atoms with Crippen molar-refractivity contribution in [1.82, 2.24) is 9.55 Å². The van der Waals surface area contributed by atoms with Crippen LogP contribution in [0.2, 0.25) is 0 Å². The number of hydrogen-bond donors (Lipinski definition) is 0.